The van der Waals surface area contributed by atoms with Crippen molar-refractivity contribution in [3.05, 3.63) is 53.1 Å². The summed E-state index contributed by atoms with van der Waals surface area (Å²) in [7, 11) is -3.84. The number of amides is 2. The normalized spacial score (nSPS) is 13.3. The number of ether oxygens (including phenoxy) is 2. The van der Waals surface area contributed by atoms with Gasteiger partial charge in [-0.1, -0.05) is 29.8 Å². The fourth-order valence-electron chi connectivity index (χ4n) is 3.37. The van der Waals surface area contributed by atoms with Crippen molar-refractivity contribution in [1.29, 1.82) is 0 Å². The molecule has 3 rings (SSSR count). The minimum absolute atomic E-state index is 0.0340. The number of likely N-dealkylation sites (N-methyl/N-ethyl adjacent to an activating group) is 1. The highest BCUT2D eigenvalue weighted by Crippen LogP contribution is 2.36. The third-order valence-electron chi connectivity index (χ3n) is 5.14. The summed E-state index contributed by atoms with van der Waals surface area (Å²) in [5.74, 6) is -0.0374. The van der Waals surface area contributed by atoms with Gasteiger partial charge in [-0.15, -0.1) is 0 Å². The number of hydrogen-bond donors (Lipinski definition) is 1. The van der Waals surface area contributed by atoms with Crippen LogP contribution in [0.15, 0.2) is 42.5 Å². The molecule has 1 N–H and O–H groups in total. The Kier molecular flexibility index (Phi) is 7.70. The summed E-state index contributed by atoms with van der Waals surface area (Å²) in [5, 5.41) is 3.14. The molecule has 0 spiro atoms. The third-order valence-corrected chi connectivity index (χ3v) is 6.65. The van der Waals surface area contributed by atoms with Crippen LogP contribution in [-0.2, 0) is 26.2 Å². The number of fused-ring (bicyclic) bond motifs is 1. The number of rotatable bonds is 9. The number of carbonyl (C=O) groups is 2. The lowest BCUT2D eigenvalue weighted by Crippen LogP contribution is -2.51. The molecule has 0 radical (unpaired) electrons. The zero-order chi connectivity index (χ0) is 24.2. The summed E-state index contributed by atoms with van der Waals surface area (Å²) in [5.41, 5.74) is 0.885. The molecule has 0 fully saturated rings. The van der Waals surface area contributed by atoms with Gasteiger partial charge in [0, 0.05) is 24.2 Å². The fraction of sp³-hybridized carbons (Fsp3) is 0.364. The zero-order valence-corrected chi connectivity index (χ0v) is 20.1. The third kappa shape index (κ3) is 5.88. The molecule has 33 heavy (non-hydrogen) atoms. The minimum Gasteiger partial charge on any atom is -0.454 e. The first kappa shape index (κ1) is 24.7. The lowest BCUT2D eigenvalue weighted by Gasteiger charge is -2.31. The van der Waals surface area contributed by atoms with E-state index in [2.05, 4.69) is 5.32 Å². The van der Waals surface area contributed by atoms with Crippen molar-refractivity contribution >= 4 is 39.1 Å². The molecule has 1 aliphatic rings. The van der Waals surface area contributed by atoms with Crippen LogP contribution in [0.1, 0.15) is 19.4 Å². The van der Waals surface area contributed by atoms with E-state index in [9.17, 15) is 18.0 Å². The fourth-order valence-corrected chi connectivity index (χ4v) is 4.41. The molecule has 178 valence electrons. The summed E-state index contributed by atoms with van der Waals surface area (Å²) >= 11 is 6.28. The lowest BCUT2D eigenvalue weighted by atomic mass is 10.1. The summed E-state index contributed by atoms with van der Waals surface area (Å²) in [4.78, 5) is 27.3. The van der Waals surface area contributed by atoms with Gasteiger partial charge < -0.3 is 19.7 Å². The Labute approximate surface area is 198 Å². The monoisotopic (exact) mass is 495 g/mol. The molecular weight excluding hydrogens is 470 g/mol. The summed E-state index contributed by atoms with van der Waals surface area (Å²) in [6.45, 7) is 3.32. The van der Waals surface area contributed by atoms with Crippen LogP contribution in [0.4, 0.5) is 5.69 Å². The van der Waals surface area contributed by atoms with Crippen LogP contribution in [0.2, 0.25) is 5.02 Å². The van der Waals surface area contributed by atoms with Gasteiger partial charge in [-0.25, -0.2) is 8.42 Å². The topological polar surface area (TPSA) is 105 Å². The number of anilines is 1. The van der Waals surface area contributed by atoms with Gasteiger partial charge in [0.2, 0.25) is 28.6 Å². The molecule has 0 saturated carbocycles. The van der Waals surface area contributed by atoms with Gasteiger partial charge in [-0.3, -0.25) is 13.9 Å². The second-order valence-corrected chi connectivity index (χ2v) is 9.80. The smallest absolute Gasteiger partial charge is 0.244 e. The number of benzene rings is 2. The van der Waals surface area contributed by atoms with Crippen LogP contribution >= 0.6 is 11.6 Å². The first-order valence-corrected chi connectivity index (χ1v) is 12.5. The molecule has 2 aromatic carbocycles. The van der Waals surface area contributed by atoms with E-state index in [4.69, 9.17) is 21.1 Å². The van der Waals surface area contributed by atoms with Crippen molar-refractivity contribution < 1.29 is 27.5 Å². The van der Waals surface area contributed by atoms with E-state index < -0.39 is 28.5 Å². The maximum atomic E-state index is 13.4. The number of hydrogen-bond acceptors (Lipinski definition) is 6. The van der Waals surface area contributed by atoms with Gasteiger partial charge in [0.25, 0.3) is 0 Å². The van der Waals surface area contributed by atoms with Crippen molar-refractivity contribution in [1.82, 2.24) is 10.2 Å². The van der Waals surface area contributed by atoms with Crippen LogP contribution in [0.3, 0.4) is 0 Å². The Morgan fingerprint density at radius 1 is 1.15 bits per heavy atom. The van der Waals surface area contributed by atoms with Crippen molar-refractivity contribution in [3.8, 4) is 11.5 Å². The van der Waals surface area contributed by atoms with E-state index in [-0.39, 0.29) is 24.9 Å². The van der Waals surface area contributed by atoms with E-state index in [0.717, 1.165) is 10.6 Å². The predicted molar refractivity (Wildman–Crippen MR) is 125 cm³/mol. The molecule has 1 heterocycles. The molecular formula is C22H26ClN3O6S. The van der Waals surface area contributed by atoms with Gasteiger partial charge >= 0.3 is 0 Å². The quantitative estimate of drug-likeness (QED) is 0.572. The van der Waals surface area contributed by atoms with Crippen LogP contribution in [-0.4, -0.2) is 57.3 Å². The summed E-state index contributed by atoms with van der Waals surface area (Å²) < 4.78 is 36.8. The Morgan fingerprint density at radius 3 is 2.52 bits per heavy atom. The lowest BCUT2D eigenvalue weighted by molar-refractivity contribution is -0.139. The molecule has 9 nitrogen and oxygen atoms in total. The van der Waals surface area contributed by atoms with Gasteiger partial charge in [-0.05, 0) is 37.6 Å². The first-order valence-electron chi connectivity index (χ1n) is 10.3. The van der Waals surface area contributed by atoms with Crippen LogP contribution in [0.5, 0.6) is 11.5 Å². The van der Waals surface area contributed by atoms with Gasteiger partial charge in [-0.2, -0.15) is 0 Å². The Balaban J connectivity index is 1.92. The highest BCUT2D eigenvalue weighted by molar-refractivity contribution is 7.92. The standard InChI is InChI=1S/C22H26ClN3O6S/c1-4-24-22(28)15(2)25(12-16-7-5-6-8-18(16)23)21(27)13-26(33(3,29)30)17-9-10-19-20(11-17)32-14-31-19/h5-11,15H,4,12-14H2,1-3H3,(H,24,28)/t15-/m0/s1. The minimum atomic E-state index is -3.84. The number of nitrogens with zero attached hydrogens (tertiary/aromatic N) is 2. The molecule has 2 amide bonds. The van der Waals surface area contributed by atoms with E-state index >= 15 is 0 Å². The van der Waals surface area contributed by atoms with Crippen molar-refractivity contribution in [2.45, 2.75) is 26.4 Å². The van der Waals surface area contributed by atoms with Crippen LogP contribution < -0.4 is 19.1 Å². The van der Waals surface area contributed by atoms with Gasteiger partial charge in [0.15, 0.2) is 11.5 Å². The van der Waals surface area contributed by atoms with Crippen molar-refractivity contribution in [2.75, 3.05) is 30.4 Å². The maximum absolute atomic E-state index is 13.4. The Bertz CT molecular complexity index is 1140. The van der Waals surface area contributed by atoms with E-state index in [1.54, 1.807) is 44.2 Å². The average molecular weight is 496 g/mol. The number of carbonyl (C=O) groups excluding carboxylic acids is 2. The number of nitrogens with one attached hydrogen (secondary N) is 1. The number of halogens is 1. The van der Waals surface area contributed by atoms with Crippen LogP contribution in [0.25, 0.3) is 0 Å². The highest BCUT2D eigenvalue weighted by Gasteiger charge is 2.31. The second kappa shape index (κ2) is 10.3. The van der Waals surface area contributed by atoms with Gasteiger partial charge in [0.05, 0.1) is 11.9 Å². The molecule has 0 aromatic heterocycles. The van der Waals surface area contributed by atoms with Crippen molar-refractivity contribution in [2.24, 2.45) is 0 Å². The summed E-state index contributed by atoms with van der Waals surface area (Å²) in [6, 6.07) is 10.7. The molecule has 11 heteroatoms. The van der Waals surface area contributed by atoms with Gasteiger partial charge in [0.1, 0.15) is 12.6 Å². The largest absolute Gasteiger partial charge is 0.454 e. The predicted octanol–water partition coefficient (Wildman–Crippen LogP) is 2.39. The molecule has 1 atom stereocenters. The van der Waals surface area contributed by atoms with E-state index in [0.29, 0.717) is 28.6 Å². The molecule has 0 saturated heterocycles. The van der Waals surface area contributed by atoms with Crippen LogP contribution in [0, 0.1) is 0 Å². The van der Waals surface area contributed by atoms with Crippen molar-refractivity contribution in [3.63, 3.8) is 0 Å². The Morgan fingerprint density at radius 2 is 1.85 bits per heavy atom. The highest BCUT2D eigenvalue weighted by atomic mass is 35.5. The van der Waals surface area contributed by atoms with E-state index in [1.807, 2.05) is 0 Å². The molecule has 1 aliphatic heterocycles. The molecule has 0 bridgehead atoms. The zero-order valence-electron chi connectivity index (χ0n) is 18.6. The molecule has 0 aliphatic carbocycles. The van der Waals surface area contributed by atoms with E-state index in [1.165, 1.54) is 17.0 Å². The summed E-state index contributed by atoms with van der Waals surface area (Å²) in [6.07, 6.45) is 1.01. The maximum Gasteiger partial charge on any atom is 0.244 e. The second-order valence-electron chi connectivity index (χ2n) is 7.49. The Hall–Kier alpha value is -2.98. The number of sulfonamides is 1. The molecule has 2 aromatic rings. The average Bonchev–Trinajstić information content (AvgIpc) is 3.23. The first-order chi connectivity index (χ1) is 15.6. The SMILES string of the molecule is CCNC(=O)[C@H](C)N(Cc1ccccc1Cl)C(=O)CN(c1ccc2c(c1)OCO2)S(C)(=O)=O. The molecule has 0 unspecified atom stereocenters.